The molecule has 0 saturated carbocycles. The Hall–Kier alpha value is -2.35. The SMILES string of the molecule is C=C/C(=C\C=C\C/C=C\C(=O)NC)CC(CC)CCCCc1ccc(CC)cc1. The Morgan fingerprint density at radius 2 is 1.83 bits per heavy atom. The average Bonchev–Trinajstić information content (AvgIpc) is 2.76. The second-order valence-electron chi connectivity index (χ2n) is 7.52. The first kappa shape index (κ1) is 24.7. The molecule has 0 bridgehead atoms. The van der Waals surface area contributed by atoms with E-state index in [-0.39, 0.29) is 5.91 Å². The molecule has 0 spiro atoms. The lowest BCUT2D eigenvalue weighted by molar-refractivity contribution is -0.116. The highest BCUT2D eigenvalue weighted by Crippen LogP contribution is 2.22. The summed E-state index contributed by atoms with van der Waals surface area (Å²) in [5.74, 6) is 0.646. The maximum atomic E-state index is 11.1. The lowest BCUT2D eigenvalue weighted by Gasteiger charge is -2.15. The standard InChI is InChI=1S/C27H39NO/c1-5-23-18-20-26(21-19-23)16-13-12-15-25(7-3)22-24(6-2)14-10-8-9-11-17-27(29)28-4/h6,8,10-11,14,17-21,25H,2,5,7,9,12-13,15-16,22H2,1,3-4H3,(H,28,29)/b10-8+,17-11-,24-14+. The van der Waals surface area contributed by atoms with E-state index in [0.717, 1.165) is 19.3 Å². The summed E-state index contributed by atoms with van der Waals surface area (Å²) in [6.45, 7) is 8.47. The number of hydrogen-bond acceptors (Lipinski definition) is 1. The Kier molecular flexibility index (Phi) is 13.2. The number of hydrogen-bond donors (Lipinski definition) is 1. The summed E-state index contributed by atoms with van der Waals surface area (Å²) in [6, 6.07) is 9.08. The first-order valence-corrected chi connectivity index (χ1v) is 11.1. The summed E-state index contributed by atoms with van der Waals surface area (Å²) in [7, 11) is 1.63. The molecule has 29 heavy (non-hydrogen) atoms. The zero-order valence-electron chi connectivity index (χ0n) is 18.6. The van der Waals surface area contributed by atoms with E-state index < -0.39 is 0 Å². The van der Waals surface area contributed by atoms with Crippen molar-refractivity contribution in [2.45, 2.75) is 65.2 Å². The fourth-order valence-electron chi connectivity index (χ4n) is 3.31. The Labute approximate surface area is 178 Å². The van der Waals surface area contributed by atoms with Crippen LogP contribution in [0.1, 0.15) is 63.5 Å². The van der Waals surface area contributed by atoms with Crippen LogP contribution in [0.2, 0.25) is 0 Å². The van der Waals surface area contributed by atoms with Crippen LogP contribution in [-0.2, 0) is 17.6 Å². The van der Waals surface area contributed by atoms with Gasteiger partial charge in [-0.3, -0.25) is 4.79 Å². The van der Waals surface area contributed by atoms with E-state index in [9.17, 15) is 4.79 Å². The minimum Gasteiger partial charge on any atom is -0.356 e. The number of carbonyl (C=O) groups excluding carboxylic acids is 1. The fraction of sp³-hybridized carbons (Fsp3) is 0.444. The van der Waals surface area contributed by atoms with E-state index in [1.165, 1.54) is 48.8 Å². The predicted molar refractivity (Wildman–Crippen MR) is 127 cm³/mol. The summed E-state index contributed by atoms with van der Waals surface area (Å²) in [4.78, 5) is 11.1. The van der Waals surface area contributed by atoms with Crippen LogP contribution in [0.25, 0.3) is 0 Å². The zero-order chi connectivity index (χ0) is 21.3. The van der Waals surface area contributed by atoms with E-state index in [0.29, 0.717) is 5.92 Å². The third-order valence-corrected chi connectivity index (χ3v) is 5.36. The summed E-state index contributed by atoms with van der Waals surface area (Å²) < 4.78 is 0. The fourth-order valence-corrected chi connectivity index (χ4v) is 3.31. The van der Waals surface area contributed by atoms with Crippen LogP contribution in [0.5, 0.6) is 0 Å². The topological polar surface area (TPSA) is 29.1 Å². The molecule has 0 aliphatic rings. The van der Waals surface area contributed by atoms with E-state index in [1.54, 1.807) is 13.1 Å². The molecule has 2 heteroatoms. The van der Waals surface area contributed by atoms with Gasteiger partial charge in [0.15, 0.2) is 0 Å². The number of benzene rings is 1. The molecule has 1 unspecified atom stereocenters. The lowest BCUT2D eigenvalue weighted by Crippen LogP contribution is -2.13. The summed E-state index contributed by atoms with van der Waals surface area (Å²) in [6.07, 6.45) is 20.8. The lowest BCUT2D eigenvalue weighted by atomic mass is 9.91. The molecule has 0 aliphatic carbocycles. The van der Waals surface area contributed by atoms with Crippen LogP contribution < -0.4 is 5.32 Å². The second-order valence-corrected chi connectivity index (χ2v) is 7.52. The van der Waals surface area contributed by atoms with Crippen molar-refractivity contribution >= 4 is 5.91 Å². The zero-order valence-corrected chi connectivity index (χ0v) is 18.6. The summed E-state index contributed by atoms with van der Waals surface area (Å²) in [5, 5.41) is 2.57. The molecule has 0 heterocycles. The molecule has 0 radical (unpaired) electrons. The van der Waals surface area contributed by atoms with Gasteiger partial charge in [-0.05, 0) is 60.8 Å². The highest BCUT2D eigenvalue weighted by molar-refractivity contribution is 5.87. The van der Waals surface area contributed by atoms with E-state index >= 15 is 0 Å². The minimum atomic E-state index is -0.0653. The van der Waals surface area contributed by atoms with Crippen LogP contribution in [0.15, 0.2) is 72.9 Å². The van der Waals surface area contributed by atoms with Crippen LogP contribution in [0.3, 0.4) is 0 Å². The first-order chi connectivity index (χ1) is 14.1. The van der Waals surface area contributed by atoms with Crippen molar-refractivity contribution in [3.8, 4) is 0 Å². The molecule has 158 valence electrons. The molecule has 0 aliphatic heterocycles. The van der Waals surface area contributed by atoms with Gasteiger partial charge in [0, 0.05) is 7.05 Å². The maximum absolute atomic E-state index is 11.1. The van der Waals surface area contributed by atoms with E-state index in [4.69, 9.17) is 0 Å². The van der Waals surface area contributed by atoms with Gasteiger partial charge in [-0.1, -0.05) is 94.3 Å². The van der Waals surface area contributed by atoms with Crippen LogP contribution in [0, 0.1) is 5.92 Å². The molecule has 2 nitrogen and oxygen atoms in total. The highest BCUT2D eigenvalue weighted by Gasteiger charge is 2.07. The molecular formula is C27H39NO. The number of allylic oxidation sites excluding steroid dienone is 6. The van der Waals surface area contributed by atoms with Gasteiger partial charge < -0.3 is 5.32 Å². The third kappa shape index (κ3) is 11.3. The van der Waals surface area contributed by atoms with Gasteiger partial charge in [0.25, 0.3) is 0 Å². The molecule has 1 amide bonds. The first-order valence-electron chi connectivity index (χ1n) is 11.1. The molecule has 1 aromatic rings. The smallest absolute Gasteiger partial charge is 0.243 e. The highest BCUT2D eigenvalue weighted by atomic mass is 16.1. The van der Waals surface area contributed by atoms with Gasteiger partial charge in [-0.15, -0.1) is 0 Å². The van der Waals surface area contributed by atoms with Crippen molar-refractivity contribution in [2.75, 3.05) is 7.05 Å². The second kappa shape index (κ2) is 15.6. The molecular weight excluding hydrogens is 354 g/mol. The van der Waals surface area contributed by atoms with Gasteiger partial charge >= 0.3 is 0 Å². The number of nitrogens with one attached hydrogen (secondary N) is 1. The normalized spacial score (nSPS) is 13.1. The number of likely N-dealkylation sites (N-methyl/N-ethyl adjacent to an activating group) is 1. The largest absolute Gasteiger partial charge is 0.356 e. The van der Waals surface area contributed by atoms with Crippen LogP contribution in [-0.4, -0.2) is 13.0 Å². The monoisotopic (exact) mass is 393 g/mol. The molecule has 1 rings (SSSR count). The Balaban J connectivity index is 2.37. The van der Waals surface area contributed by atoms with Crippen LogP contribution in [0.4, 0.5) is 0 Å². The van der Waals surface area contributed by atoms with E-state index in [2.05, 4.69) is 68.2 Å². The van der Waals surface area contributed by atoms with E-state index in [1.807, 2.05) is 12.2 Å². The maximum Gasteiger partial charge on any atom is 0.243 e. The molecule has 0 fully saturated rings. The number of unbranched alkanes of at least 4 members (excludes halogenated alkanes) is 1. The van der Waals surface area contributed by atoms with Crippen molar-refractivity contribution in [1.29, 1.82) is 0 Å². The predicted octanol–water partition coefficient (Wildman–Crippen LogP) is 6.74. The van der Waals surface area contributed by atoms with Gasteiger partial charge in [0.1, 0.15) is 0 Å². The number of rotatable bonds is 14. The minimum absolute atomic E-state index is 0.0653. The Morgan fingerprint density at radius 3 is 2.45 bits per heavy atom. The number of carbonyl (C=O) groups is 1. The van der Waals surface area contributed by atoms with Crippen molar-refractivity contribution in [1.82, 2.24) is 5.32 Å². The van der Waals surface area contributed by atoms with Gasteiger partial charge in [0.05, 0.1) is 0 Å². The summed E-state index contributed by atoms with van der Waals surface area (Å²) >= 11 is 0. The van der Waals surface area contributed by atoms with Gasteiger partial charge in [0.2, 0.25) is 5.91 Å². The number of aryl methyl sites for hydroxylation is 2. The van der Waals surface area contributed by atoms with Gasteiger partial charge in [-0.25, -0.2) is 0 Å². The molecule has 1 aromatic carbocycles. The van der Waals surface area contributed by atoms with Crippen molar-refractivity contribution < 1.29 is 4.79 Å². The molecule has 1 atom stereocenters. The average molecular weight is 394 g/mol. The Morgan fingerprint density at radius 1 is 1.10 bits per heavy atom. The third-order valence-electron chi connectivity index (χ3n) is 5.36. The quantitative estimate of drug-likeness (QED) is 0.212. The van der Waals surface area contributed by atoms with Crippen LogP contribution >= 0.6 is 0 Å². The number of amides is 1. The molecule has 1 N–H and O–H groups in total. The molecule has 0 saturated heterocycles. The summed E-state index contributed by atoms with van der Waals surface area (Å²) in [5.41, 5.74) is 4.16. The van der Waals surface area contributed by atoms with Crippen molar-refractivity contribution in [3.63, 3.8) is 0 Å². The van der Waals surface area contributed by atoms with Crippen molar-refractivity contribution in [2.24, 2.45) is 5.92 Å². The van der Waals surface area contributed by atoms with Crippen molar-refractivity contribution in [3.05, 3.63) is 84.0 Å². The Bertz CT molecular complexity index is 679. The molecule has 0 aromatic heterocycles. The van der Waals surface area contributed by atoms with Gasteiger partial charge in [-0.2, -0.15) is 0 Å².